The van der Waals surface area contributed by atoms with Crippen LogP contribution in [0.5, 0.6) is 11.5 Å². The van der Waals surface area contributed by atoms with E-state index in [1.54, 1.807) is 38.1 Å². The third-order valence-electron chi connectivity index (χ3n) is 4.66. The Bertz CT molecular complexity index is 982. The van der Waals surface area contributed by atoms with Gasteiger partial charge in [0, 0.05) is 5.56 Å². The summed E-state index contributed by atoms with van der Waals surface area (Å²) in [5, 5.41) is 5.02. The predicted octanol–water partition coefficient (Wildman–Crippen LogP) is 4.01. The van der Waals surface area contributed by atoms with Gasteiger partial charge in [0.2, 0.25) is 0 Å². The van der Waals surface area contributed by atoms with E-state index in [2.05, 4.69) is 15.4 Å². The van der Waals surface area contributed by atoms with Gasteiger partial charge in [0.1, 0.15) is 17.5 Å². The number of para-hydroxylation sites is 2. The van der Waals surface area contributed by atoms with Crippen LogP contribution in [0.4, 0.5) is 14.5 Å². The Balaban J connectivity index is 2.02. The molecule has 2 N–H and O–H groups in total. The van der Waals surface area contributed by atoms with E-state index in [9.17, 15) is 23.2 Å². The number of anilines is 1. The van der Waals surface area contributed by atoms with Crippen molar-refractivity contribution in [2.45, 2.75) is 46.5 Å². The number of rotatable bonds is 11. The summed E-state index contributed by atoms with van der Waals surface area (Å²) in [6.45, 7) is 4.02. The molecule has 1 unspecified atom stereocenters. The molecule has 0 fully saturated rings. The summed E-state index contributed by atoms with van der Waals surface area (Å²) >= 11 is 0. The first-order valence-corrected chi connectivity index (χ1v) is 10.7. The molecule has 0 saturated heterocycles. The fourth-order valence-corrected chi connectivity index (χ4v) is 2.90. The quantitative estimate of drug-likeness (QED) is 0.473. The first kappa shape index (κ1) is 26.6. The Kier molecular flexibility index (Phi) is 9.78. The van der Waals surface area contributed by atoms with Crippen LogP contribution in [0.1, 0.15) is 38.1 Å². The number of hydrogen-bond donors (Lipinski definition) is 2. The smallest absolute Gasteiger partial charge is 0.387 e. The number of amides is 2. The molecule has 0 saturated carbocycles. The molecular formula is C24H28F2N2O6. The molecule has 0 spiro atoms. The molecule has 2 aromatic carbocycles. The van der Waals surface area contributed by atoms with E-state index < -0.39 is 36.5 Å². The molecule has 10 heteroatoms. The fourth-order valence-electron chi connectivity index (χ4n) is 2.90. The average molecular weight is 478 g/mol. The lowest BCUT2D eigenvalue weighted by Gasteiger charge is -2.23. The summed E-state index contributed by atoms with van der Waals surface area (Å²) in [5.41, 5.74) is 0.322. The minimum Gasteiger partial charge on any atom is -0.494 e. The van der Waals surface area contributed by atoms with Crippen molar-refractivity contribution in [3.8, 4) is 11.5 Å². The predicted molar refractivity (Wildman–Crippen MR) is 121 cm³/mol. The average Bonchev–Trinajstić information content (AvgIpc) is 2.78. The van der Waals surface area contributed by atoms with Crippen molar-refractivity contribution in [3.63, 3.8) is 0 Å². The van der Waals surface area contributed by atoms with Crippen LogP contribution >= 0.6 is 0 Å². The second kappa shape index (κ2) is 12.5. The van der Waals surface area contributed by atoms with Crippen LogP contribution in [-0.4, -0.2) is 43.1 Å². The van der Waals surface area contributed by atoms with Crippen LogP contribution in [0.2, 0.25) is 0 Å². The first-order chi connectivity index (χ1) is 16.1. The maximum Gasteiger partial charge on any atom is 0.387 e. The fraction of sp³-hybridized carbons (Fsp3) is 0.375. The van der Waals surface area contributed by atoms with Crippen LogP contribution in [0.3, 0.4) is 0 Å². The van der Waals surface area contributed by atoms with E-state index in [4.69, 9.17) is 9.47 Å². The van der Waals surface area contributed by atoms with Gasteiger partial charge in [-0.15, -0.1) is 0 Å². The third kappa shape index (κ3) is 7.72. The van der Waals surface area contributed by atoms with Crippen molar-refractivity contribution in [2.75, 3.05) is 11.9 Å². The van der Waals surface area contributed by atoms with E-state index in [1.165, 1.54) is 31.2 Å². The van der Waals surface area contributed by atoms with Gasteiger partial charge < -0.3 is 24.8 Å². The second-order valence-corrected chi connectivity index (χ2v) is 7.60. The Morgan fingerprint density at radius 2 is 1.62 bits per heavy atom. The van der Waals surface area contributed by atoms with E-state index in [0.29, 0.717) is 17.9 Å². The number of halogens is 2. The minimum atomic E-state index is -3.07. The lowest BCUT2D eigenvalue weighted by Crippen LogP contribution is -2.47. The van der Waals surface area contributed by atoms with Gasteiger partial charge in [-0.1, -0.05) is 26.0 Å². The molecule has 0 aliphatic rings. The summed E-state index contributed by atoms with van der Waals surface area (Å²) in [6.07, 6.45) is -1.27. The molecule has 0 aliphatic heterocycles. The van der Waals surface area contributed by atoms with Gasteiger partial charge in [0.25, 0.3) is 11.8 Å². The Morgan fingerprint density at radius 1 is 0.971 bits per heavy atom. The molecule has 0 heterocycles. The molecule has 0 aliphatic carbocycles. The molecule has 0 bridgehead atoms. The summed E-state index contributed by atoms with van der Waals surface area (Å²) in [6, 6.07) is 11.0. The van der Waals surface area contributed by atoms with E-state index in [-0.39, 0.29) is 17.4 Å². The molecular weight excluding hydrogens is 450 g/mol. The maximum atomic E-state index is 12.7. The van der Waals surface area contributed by atoms with Gasteiger partial charge in [-0.3, -0.25) is 9.59 Å². The number of alkyl halides is 2. The van der Waals surface area contributed by atoms with E-state index in [1.807, 2.05) is 6.92 Å². The zero-order valence-corrected chi connectivity index (χ0v) is 19.3. The standard InChI is InChI=1S/C24H28F2N2O6/c1-5-32-17-12-10-16(11-13-17)22(30)28-20(14(2)3)23(31)33-15(4)21(29)27-18-8-6-7-9-19(18)34-24(25)26/h6-15,20,24H,5H2,1-4H3,(H,27,29)(H,28,30)/t15?,20-/m0/s1. The number of nitrogens with one attached hydrogen (secondary N) is 2. The van der Waals surface area contributed by atoms with Crippen molar-refractivity contribution in [1.82, 2.24) is 5.32 Å². The van der Waals surface area contributed by atoms with E-state index in [0.717, 1.165) is 0 Å². The van der Waals surface area contributed by atoms with Crippen molar-refractivity contribution in [2.24, 2.45) is 5.92 Å². The highest BCUT2D eigenvalue weighted by Crippen LogP contribution is 2.25. The lowest BCUT2D eigenvalue weighted by atomic mass is 10.0. The Hall–Kier alpha value is -3.69. The van der Waals surface area contributed by atoms with Crippen molar-refractivity contribution in [1.29, 1.82) is 0 Å². The molecule has 0 aromatic heterocycles. The zero-order chi connectivity index (χ0) is 25.3. The number of esters is 1. The molecule has 2 amide bonds. The van der Waals surface area contributed by atoms with Gasteiger partial charge >= 0.3 is 12.6 Å². The van der Waals surface area contributed by atoms with Crippen LogP contribution < -0.4 is 20.1 Å². The zero-order valence-electron chi connectivity index (χ0n) is 19.3. The highest BCUT2D eigenvalue weighted by Gasteiger charge is 2.29. The molecule has 2 rings (SSSR count). The molecule has 184 valence electrons. The number of benzene rings is 2. The van der Waals surface area contributed by atoms with Crippen LogP contribution in [-0.2, 0) is 14.3 Å². The molecule has 2 aromatic rings. The first-order valence-electron chi connectivity index (χ1n) is 10.7. The summed E-state index contributed by atoms with van der Waals surface area (Å²) < 4.78 is 40.1. The van der Waals surface area contributed by atoms with Crippen LogP contribution in [0.25, 0.3) is 0 Å². The van der Waals surface area contributed by atoms with Gasteiger partial charge in [-0.2, -0.15) is 8.78 Å². The summed E-state index contributed by atoms with van der Waals surface area (Å²) in [4.78, 5) is 37.8. The highest BCUT2D eigenvalue weighted by molar-refractivity contribution is 5.98. The van der Waals surface area contributed by atoms with Crippen LogP contribution in [0.15, 0.2) is 48.5 Å². The summed E-state index contributed by atoms with van der Waals surface area (Å²) in [5.74, 6) is -2.01. The van der Waals surface area contributed by atoms with E-state index >= 15 is 0 Å². The molecule has 0 radical (unpaired) electrons. The Morgan fingerprint density at radius 3 is 2.21 bits per heavy atom. The van der Waals surface area contributed by atoms with Crippen molar-refractivity contribution >= 4 is 23.5 Å². The monoisotopic (exact) mass is 478 g/mol. The van der Waals surface area contributed by atoms with Crippen molar-refractivity contribution in [3.05, 3.63) is 54.1 Å². The summed E-state index contributed by atoms with van der Waals surface area (Å²) in [7, 11) is 0. The highest BCUT2D eigenvalue weighted by atomic mass is 19.3. The topological polar surface area (TPSA) is 103 Å². The van der Waals surface area contributed by atoms with Gasteiger partial charge in [-0.25, -0.2) is 4.79 Å². The second-order valence-electron chi connectivity index (χ2n) is 7.60. The molecule has 2 atom stereocenters. The molecule has 34 heavy (non-hydrogen) atoms. The number of hydrogen-bond acceptors (Lipinski definition) is 6. The largest absolute Gasteiger partial charge is 0.494 e. The minimum absolute atomic E-state index is 0.0000826. The normalized spacial score (nSPS) is 12.6. The van der Waals surface area contributed by atoms with Crippen molar-refractivity contribution < 1.29 is 37.4 Å². The van der Waals surface area contributed by atoms with Gasteiger partial charge in [-0.05, 0) is 56.2 Å². The SMILES string of the molecule is CCOc1ccc(C(=O)N[C@H](C(=O)OC(C)C(=O)Nc2ccccc2OC(F)F)C(C)C)cc1. The van der Waals surface area contributed by atoms with Gasteiger partial charge in [0.15, 0.2) is 6.10 Å². The van der Waals surface area contributed by atoms with Gasteiger partial charge in [0.05, 0.1) is 12.3 Å². The maximum absolute atomic E-state index is 12.7. The number of carbonyl (C=O) groups is 3. The number of ether oxygens (including phenoxy) is 3. The number of carbonyl (C=O) groups excluding carboxylic acids is 3. The lowest BCUT2D eigenvalue weighted by molar-refractivity contribution is -0.156. The Labute approximate surface area is 196 Å². The third-order valence-corrected chi connectivity index (χ3v) is 4.66. The molecule has 8 nitrogen and oxygen atoms in total. The van der Waals surface area contributed by atoms with Crippen LogP contribution in [0, 0.1) is 5.92 Å².